The molecule has 1 N–H and O–H groups in total. The first-order valence-electron chi connectivity index (χ1n) is 5.85. The van der Waals surface area contributed by atoms with E-state index in [0.29, 0.717) is 0 Å². The van der Waals surface area contributed by atoms with E-state index in [-0.39, 0.29) is 18.1 Å². The minimum Gasteiger partial charge on any atom is -0.481 e. The molecule has 0 rings (SSSR count). The van der Waals surface area contributed by atoms with Gasteiger partial charge in [0.05, 0.1) is 5.92 Å². The Labute approximate surface area is 103 Å². The van der Waals surface area contributed by atoms with Crippen LogP contribution in [0.1, 0.15) is 34.1 Å². The van der Waals surface area contributed by atoms with Gasteiger partial charge in [-0.15, -0.1) is 0 Å². The van der Waals surface area contributed by atoms with Crippen LogP contribution in [0.2, 0.25) is 0 Å². The molecule has 5 heteroatoms. The van der Waals surface area contributed by atoms with E-state index in [2.05, 4.69) is 0 Å². The number of aliphatic carboxylic acids is 1. The van der Waals surface area contributed by atoms with Gasteiger partial charge >= 0.3 is 12.0 Å². The maximum Gasteiger partial charge on any atom is 0.319 e. The molecular formula is C12H24N2O3. The Morgan fingerprint density at radius 3 is 2.12 bits per heavy atom. The largest absolute Gasteiger partial charge is 0.481 e. The van der Waals surface area contributed by atoms with Crippen molar-refractivity contribution in [1.82, 2.24) is 9.80 Å². The Bertz CT molecular complexity index is 289. The maximum atomic E-state index is 12.1. The third-order valence-corrected chi connectivity index (χ3v) is 3.36. The Morgan fingerprint density at radius 2 is 1.76 bits per heavy atom. The first-order valence-corrected chi connectivity index (χ1v) is 5.85. The fourth-order valence-corrected chi connectivity index (χ4v) is 1.32. The molecular weight excluding hydrogens is 220 g/mol. The Morgan fingerprint density at radius 1 is 1.29 bits per heavy atom. The summed E-state index contributed by atoms with van der Waals surface area (Å²) in [7, 11) is 3.37. The molecule has 0 aromatic rings. The van der Waals surface area contributed by atoms with E-state index >= 15 is 0 Å². The van der Waals surface area contributed by atoms with E-state index in [9.17, 15) is 9.59 Å². The molecule has 0 aliphatic rings. The SMILES string of the molecule is CCC(C)(C)N(C)C(=O)N(C)CC(C)C(=O)O. The topological polar surface area (TPSA) is 60.9 Å². The number of carboxylic acid groups (broad SMARTS) is 1. The minimum atomic E-state index is -0.887. The van der Waals surface area contributed by atoms with Gasteiger partial charge in [-0.3, -0.25) is 4.79 Å². The number of nitrogens with zero attached hydrogens (tertiary/aromatic N) is 2. The van der Waals surface area contributed by atoms with Crippen molar-refractivity contribution in [1.29, 1.82) is 0 Å². The molecule has 2 amide bonds. The van der Waals surface area contributed by atoms with Gasteiger partial charge in [-0.05, 0) is 20.3 Å². The lowest BCUT2D eigenvalue weighted by molar-refractivity contribution is -0.141. The summed E-state index contributed by atoms with van der Waals surface area (Å²) in [6.07, 6.45) is 0.845. The summed E-state index contributed by atoms with van der Waals surface area (Å²) in [6.45, 7) is 7.80. The van der Waals surface area contributed by atoms with Gasteiger partial charge < -0.3 is 14.9 Å². The van der Waals surface area contributed by atoms with Crippen LogP contribution in [0.5, 0.6) is 0 Å². The summed E-state index contributed by atoms with van der Waals surface area (Å²) >= 11 is 0. The van der Waals surface area contributed by atoms with Crippen LogP contribution >= 0.6 is 0 Å². The van der Waals surface area contributed by atoms with Crippen LogP contribution in [-0.2, 0) is 4.79 Å². The second kappa shape index (κ2) is 5.89. The van der Waals surface area contributed by atoms with Gasteiger partial charge in [0.25, 0.3) is 0 Å². The molecule has 0 fully saturated rings. The minimum absolute atomic E-state index is 0.148. The predicted octanol–water partition coefficient (Wildman–Crippen LogP) is 1.88. The van der Waals surface area contributed by atoms with Crippen LogP contribution in [0.3, 0.4) is 0 Å². The number of carbonyl (C=O) groups excluding carboxylic acids is 1. The van der Waals surface area contributed by atoms with Crippen LogP contribution in [0, 0.1) is 5.92 Å². The maximum absolute atomic E-state index is 12.1. The lowest BCUT2D eigenvalue weighted by Gasteiger charge is -2.37. The molecule has 0 bridgehead atoms. The van der Waals surface area contributed by atoms with Crippen molar-refractivity contribution >= 4 is 12.0 Å². The number of amides is 2. The normalized spacial score (nSPS) is 13.1. The summed E-state index contributed by atoms with van der Waals surface area (Å²) in [5.41, 5.74) is -0.224. The fraction of sp³-hybridized carbons (Fsp3) is 0.833. The van der Waals surface area contributed by atoms with Crippen LogP contribution in [0.25, 0.3) is 0 Å². The van der Waals surface area contributed by atoms with Gasteiger partial charge in [0.1, 0.15) is 0 Å². The van der Waals surface area contributed by atoms with Crippen molar-refractivity contribution in [3.05, 3.63) is 0 Å². The summed E-state index contributed by atoms with van der Waals surface area (Å²) < 4.78 is 0. The molecule has 5 nitrogen and oxygen atoms in total. The highest BCUT2D eigenvalue weighted by Gasteiger charge is 2.28. The van der Waals surface area contributed by atoms with E-state index in [0.717, 1.165) is 6.42 Å². The Balaban J connectivity index is 4.56. The molecule has 0 saturated heterocycles. The molecule has 1 atom stereocenters. The summed E-state index contributed by atoms with van der Waals surface area (Å²) in [5, 5.41) is 8.81. The van der Waals surface area contributed by atoms with Crippen LogP contribution < -0.4 is 0 Å². The molecule has 0 aromatic carbocycles. The molecule has 17 heavy (non-hydrogen) atoms. The average molecular weight is 244 g/mol. The smallest absolute Gasteiger partial charge is 0.319 e. The van der Waals surface area contributed by atoms with E-state index in [1.54, 1.807) is 25.9 Å². The number of rotatable bonds is 5. The summed E-state index contributed by atoms with van der Waals surface area (Å²) in [6, 6.07) is -0.148. The quantitative estimate of drug-likeness (QED) is 0.803. The predicted molar refractivity (Wildman–Crippen MR) is 67.0 cm³/mol. The molecule has 0 heterocycles. The highest BCUT2D eigenvalue weighted by molar-refractivity contribution is 5.76. The van der Waals surface area contributed by atoms with Gasteiger partial charge in [0.2, 0.25) is 0 Å². The van der Waals surface area contributed by atoms with E-state index in [1.807, 2.05) is 20.8 Å². The number of urea groups is 1. The molecule has 0 radical (unpaired) electrons. The number of hydrogen-bond donors (Lipinski definition) is 1. The zero-order valence-corrected chi connectivity index (χ0v) is 11.6. The highest BCUT2D eigenvalue weighted by atomic mass is 16.4. The molecule has 0 aromatic heterocycles. The summed E-state index contributed by atoms with van der Waals surface area (Å²) in [5.74, 6) is -1.44. The molecule has 0 aliphatic carbocycles. The number of carbonyl (C=O) groups is 2. The molecule has 0 aliphatic heterocycles. The van der Waals surface area contributed by atoms with Crippen molar-refractivity contribution in [2.45, 2.75) is 39.7 Å². The third-order valence-electron chi connectivity index (χ3n) is 3.36. The Kier molecular flexibility index (Phi) is 5.45. The number of carboxylic acids is 1. The average Bonchev–Trinajstić information content (AvgIpc) is 2.26. The van der Waals surface area contributed by atoms with Gasteiger partial charge in [-0.25, -0.2) is 4.79 Å². The number of hydrogen-bond acceptors (Lipinski definition) is 2. The highest BCUT2D eigenvalue weighted by Crippen LogP contribution is 2.18. The van der Waals surface area contributed by atoms with Gasteiger partial charge in [-0.2, -0.15) is 0 Å². The molecule has 100 valence electrons. The lowest BCUT2D eigenvalue weighted by atomic mass is 10.0. The second-order valence-electron chi connectivity index (χ2n) is 5.13. The third kappa shape index (κ3) is 4.24. The van der Waals surface area contributed by atoms with Crippen molar-refractivity contribution < 1.29 is 14.7 Å². The van der Waals surface area contributed by atoms with Gasteiger partial charge in [-0.1, -0.05) is 13.8 Å². The first-order chi connectivity index (χ1) is 7.63. The van der Waals surface area contributed by atoms with Gasteiger partial charge in [0, 0.05) is 26.2 Å². The van der Waals surface area contributed by atoms with Crippen LogP contribution in [0.15, 0.2) is 0 Å². The standard InChI is InChI=1S/C12H24N2O3/c1-7-12(3,4)14(6)11(17)13(5)8-9(2)10(15)16/h9H,7-8H2,1-6H3,(H,15,16). The van der Waals surface area contributed by atoms with E-state index in [1.165, 1.54) is 4.90 Å². The fourth-order valence-electron chi connectivity index (χ4n) is 1.32. The van der Waals surface area contributed by atoms with E-state index in [4.69, 9.17) is 5.11 Å². The first kappa shape index (κ1) is 15.7. The van der Waals surface area contributed by atoms with Crippen LogP contribution in [0.4, 0.5) is 4.79 Å². The van der Waals surface area contributed by atoms with Gasteiger partial charge in [0.15, 0.2) is 0 Å². The van der Waals surface area contributed by atoms with Crippen molar-refractivity contribution in [3.63, 3.8) is 0 Å². The lowest BCUT2D eigenvalue weighted by Crippen LogP contribution is -2.50. The van der Waals surface area contributed by atoms with Crippen molar-refractivity contribution in [2.24, 2.45) is 5.92 Å². The molecule has 0 spiro atoms. The monoisotopic (exact) mass is 244 g/mol. The molecule has 0 saturated carbocycles. The second-order valence-corrected chi connectivity index (χ2v) is 5.13. The summed E-state index contributed by atoms with van der Waals surface area (Å²) in [4.78, 5) is 25.9. The molecule has 1 unspecified atom stereocenters. The zero-order valence-electron chi connectivity index (χ0n) is 11.6. The van der Waals surface area contributed by atoms with Crippen molar-refractivity contribution in [3.8, 4) is 0 Å². The van der Waals surface area contributed by atoms with Crippen molar-refractivity contribution in [2.75, 3.05) is 20.6 Å². The Hall–Kier alpha value is -1.26. The van der Waals surface area contributed by atoms with E-state index < -0.39 is 11.9 Å². The zero-order chi connectivity index (χ0) is 13.8. The van der Waals surface area contributed by atoms with Crippen LogP contribution in [-0.4, -0.2) is 53.1 Å².